The van der Waals surface area contributed by atoms with E-state index in [1.807, 2.05) is 0 Å². The maximum absolute atomic E-state index is 11.4. The molecule has 0 rings (SSSR count). The highest BCUT2D eigenvalue weighted by Gasteiger charge is 2.13. The predicted molar refractivity (Wildman–Crippen MR) is 77.3 cm³/mol. The standard InChI is InChI=1S/C13H23N3O6/c1-9(2)11(18)21-6-5-7-22-13(19)15-12(14)16(3)8-10(17)20-4/h9H,5-8H2,1-4H3,(H2,14,15,19). The normalized spacial score (nSPS) is 9.86. The van der Waals surface area contributed by atoms with Crippen molar-refractivity contribution in [1.29, 1.82) is 5.41 Å². The molecule has 126 valence electrons. The summed E-state index contributed by atoms with van der Waals surface area (Å²) >= 11 is 0. The number of guanidine groups is 1. The SMILES string of the molecule is COC(=O)CN(C)C(=N)NC(=O)OCCCOC(=O)C(C)C. The molecule has 9 heteroatoms. The highest BCUT2D eigenvalue weighted by Crippen LogP contribution is 1.97. The zero-order chi connectivity index (χ0) is 17.1. The molecular formula is C13H23N3O6. The monoisotopic (exact) mass is 317 g/mol. The van der Waals surface area contributed by atoms with Crippen LogP contribution in [0.1, 0.15) is 20.3 Å². The molecule has 0 atom stereocenters. The summed E-state index contributed by atoms with van der Waals surface area (Å²) in [5.74, 6) is -1.33. The molecule has 0 aliphatic rings. The average molecular weight is 317 g/mol. The number of amides is 1. The zero-order valence-electron chi connectivity index (χ0n) is 13.3. The number of alkyl carbamates (subject to hydrolysis) is 1. The van der Waals surface area contributed by atoms with Crippen molar-refractivity contribution in [1.82, 2.24) is 10.2 Å². The first-order valence-electron chi connectivity index (χ1n) is 6.74. The third-order valence-electron chi connectivity index (χ3n) is 2.43. The molecule has 0 saturated heterocycles. The number of nitrogens with zero attached hydrogens (tertiary/aromatic N) is 1. The lowest BCUT2D eigenvalue weighted by Crippen LogP contribution is -2.44. The number of likely N-dealkylation sites (N-methyl/N-ethyl adjacent to an activating group) is 1. The number of esters is 2. The molecule has 9 nitrogen and oxygen atoms in total. The van der Waals surface area contributed by atoms with Gasteiger partial charge in [-0.05, 0) is 0 Å². The summed E-state index contributed by atoms with van der Waals surface area (Å²) in [6.07, 6.45) is -0.464. The summed E-state index contributed by atoms with van der Waals surface area (Å²) in [5, 5.41) is 9.71. The van der Waals surface area contributed by atoms with E-state index in [0.29, 0.717) is 6.42 Å². The summed E-state index contributed by atoms with van der Waals surface area (Å²) in [7, 11) is 2.68. The van der Waals surface area contributed by atoms with Gasteiger partial charge in [0.1, 0.15) is 6.54 Å². The molecule has 0 radical (unpaired) electrons. The van der Waals surface area contributed by atoms with Gasteiger partial charge in [0.2, 0.25) is 5.96 Å². The van der Waals surface area contributed by atoms with E-state index in [-0.39, 0.29) is 37.6 Å². The van der Waals surface area contributed by atoms with Gasteiger partial charge in [-0.1, -0.05) is 13.8 Å². The second-order valence-corrected chi connectivity index (χ2v) is 4.72. The van der Waals surface area contributed by atoms with Crippen molar-refractivity contribution in [2.75, 3.05) is 33.9 Å². The average Bonchev–Trinajstić information content (AvgIpc) is 2.45. The molecule has 0 aromatic carbocycles. The minimum Gasteiger partial charge on any atom is -0.468 e. The van der Waals surface area contributed by atoms with Gasteiger partial charge in [-0.15, -0.1) is 0 Å². The van der Waals surface area contributed by atoms with Crippen LogP contribution in [0.25, 0.3) is 0 Å². The molecule has 0 aromatic rings. The summed E-state index contributed by atoms with van der Waals surface area (Å²) in [5.41, 5.74) is 0. The van der Waals surface area contributed by atoms with Gasteiger partial charge in [-0.3, -0.25) is 20.3 Å². The summed E-state index contributed by atoms with van der Waals surface area (Å²) in [6, 6.07) is 0. The molecule has 0 aromatic heterocycles. The van der Waals surface area contributed by atoms with Crippen LogP contribution in [0.5, 0.6) is 0 Å². The molecule has 0 bridgehead atoms. The number of ether oxygens (including phenoxy) is 3. The van der Waals surface area contributed by atoms with Crippen molar-refractivity contribution in [3.05, 3.63) is 0 Å². The summed E-state index contributed by atoms with van der Waals surface area (Å²) < 4.78 is 14.2. The number of methoxy groups -OCH3 is 1. The number of carbonyl (C=O) groups excluding carboxylic acids is 3. The van der Waals surface area contributed by atoms with Crippen LogP contribution in [-0.4, -0.2) is 62.8 Å². The van der Waals surface area contributed by atoms with E-state index in [4.69, 9.17) is 14.9 Å². The smallest absolute Gasteiger partial charge is 0.413 e. The predicted octanol–water partition coefficient (Wildman–Crippen LogP) is 0.341. The zero-order valence-corrected chi connectivity index (χ0v) is 13.3. The van der Waals surface area contributed by atoms with E-state index in [2.05, 4.69) is 10.1 Å². The van der Waals surface area contributed by atoms with E-state index in [0.717, 1.165) is 0 Å². The molecule has 0 aliphatic carbocycles. The van der Waals surface area contributed by atoms with Crippen LogP contribution in [0.15, 0.2) is 0 Å². The number of carbonyl (C=O) groups is 3. The van der Waals surface area contributed by atoms with Crippen molar-refractivity contribution in [3.63, 3.8) is 0 Å². The molecule has 1 amide bonds. The van der Waals surface area contributed by atoms with Gasteiger partial charge in [0, 0.05) is 13.5 Å². The van der Waals surface area contributed by atoms with Gasteiger partial charge in [-0.2, -0.15) is 0 Å². The minimum absolute atomic E-state index is 0.0468. The summed E-state index contributed by atoms with van der Waals surface area (Å²) in [6.45, 7) is 3.49. The van der Waals surface area contributed by atoms with Crippen molar-refractivity contribution < 1.29 is 28.6 Å². The fourth-order valence-corrected chi connectivity index (χ4v) is 1.13. The lowest BCUT2D eigenvalue weighted by molar-refractivity contribution is -0.147. The third-order valence-corrected chi connectivity index (χ3v) is 2.43. The minimum atomic E-state index is -0.822. The molecule has 0 aliphatic heterocycles. The second-order valence-electron chi connectivity index (χ2n) is 4.72. The van der Waals surface area contributed by atoms with E-state index in [9.17, 15) is 14.4 Å². The number of nitrogens with one attached hydrogen (secondary N) is 2. The third kappa shape index (κ3) is 8.77. The Kier molecular flexibility index (Phi) is 9.31. The van der Waals surface area contributed by atoms with E-state index in [1.165, 1.54) is 19.1 Å². The number of hydrogen-bond acceptors (Lipinski definition) is 7. The quantitative estimate of drug-likeness (QED) is 0.228. The van der Waals surface area contributed by atoms with Crippen LogP contribution in [-0.2, 0) is 23.8 Å². The summed E-state index contributed by atoms with van der Waals surface area (Å²) in [4.78, 5) is 34.8. The largest absolute Gasteiger partial charge is 0.468 e. The van der Waals surface area contributed by atoms with Gasteiger partial charge in [0.25, 0.3) is 0 Å². The van der Waals surface area contributed by atoms with Gasteiger partial charge >= 0.3 is 18.0 Å². The fourth-order valence-electron chi connectivity index (χ4n) is 1.13. The molecule has 0 unspecified atom stereocenters. The van der Waals surface area contributed by atoms with E-state index < -0.39 is 12.1 Å². The maximum Gasteiger partial charge on any atom is 0.413 e. The lowest BCUT2D eigenvalue weighted by atomic mass is 10.2. The molecular weight excluding hydrogens is 294 g/mol. The molecule has 22 heavy (non-hydrogen) atoms. The van der Waals surface area contributed by atoms with Crippen LogP contribution in [0.2, 0.25) is 0 Å². The first-order chi connectivity index (χ1) is 10.3. The van der Waals surface area contributed by atoms with Gasteiger partial charge in [0.15, 0.2) is 0 Å². The Morgan fingerprint density at radius 1 is 1.18 bits per heavy atom. The van der Waals surface area contributed by atoms with Crippen molar-refractivity contribution in [2.45, 2.75) is 20.3 Å². The van der Waals surface area contributed by atoms with Crippen LogP contribution < -0.4 is 5.32 Å². The molecule has 0 fully saturated rings. The van der Waals surface area contributed by atoms with Crippen LogP contribution in [0, 0.1) is 11.3 Å². The van der Waals surface area contributed by atoms with Crippen LogP contribution in [0.4, 0.5) is 4.79 Å². The first-order valence-corrected chi connectivity index (χ1v) is 6.74. The first kappa shape index (κ1) is 19.7. The van der Waals surface area contributed by atoms with E-state index >= 15 is 0 Å². The molecule has 2 N–H and O–H groups in total. The van der Waals surface area contributed by atoms with Crippen LogP contribution in [0.3, 0.4) is 0 Å². The number of hydrogen-bond donors (Lipinski definition) is 2. The molecule has 0 spiro atoms. The molecule has 0 heterocycles. The molecule has 0 saturated carbocycles. The topological polar surface area (TPSA) is 118 Å². The Bertz CT molecular complexity index is 411. The Labute approximate surface area is 129 Å². The number of rotatable bonds is 7. The van der Waals surface area contributed by atoms with Gasteiger partial charge < -0.3 is 19.1 Å². The van der Waals surface area contributed by atoms with Crippen LogP contribution >= 0.6 is 0 Å². The second kappa shape index (κ2) is 10.4. The highest BCUT2D eigenvalue weighted by atomic mass is 16.6. The van der Waals surface area contributed by atoms with Gasteiger partial charge in [0.05, 0.1) is 26.2 Å². The maximum atomic E-state index is 11.4. The fraction of sp³-hybridized carbons (Fsp3) is 0.692. The van der Waals surface area contributed by atoms with Crippen molar-refractivity contribution in [2.24, 2.45) is 5.92 Å². The lowest BCUT2D eigenvalue weighted by Gasteiger charge is -2.18. The van der Waals surface area contributed by atoms with Gasteiger partial charge in [-0.25, -0.2) is 4.79 Å². The van der Waals surface area contributed by atoms with Crippen molar-refractivity contribution >= 4 is 24.0 Å². The van der Waals surface area contributed by atoms with E-state index in [1.54, 1.807) is 13.8 Å². The Morgan fingerprint density at radius 2 is 1.77 bits per heavy atom. The Hall–Kier alpha value is -2.32. The Morgan fingerprint density at radius 3 is 2.32 bits per heavy atom. The highest BCUT2D eigenvalue weighted by molar-refractivity contribution is 5.93. The van der Waals surface area contributed by atoms with Crippen molar-refractivity contribution in [3.8, 4) is 0 Å². The Balaban J connectivity index is 3.83.